The number of hydrogen-bond donors (Lipinski definition) is 0. The zero-order chi connectivity index (χ0) is 16.7. The van der Waals surface area contributed by atoms with Crippen LogP contribution < -0.4 is 0 Å². The van der Waals surface area contributed by atoms with Crippen molar-refractivity contribution in [2.45, 2.75) is 44.8 Å². The van der Waals surface area contributed by atoms with Crippen molar-refractivity contribution in [3.8, 4) is 0 Å². The van der Waals surface area contributed by atoms with E-state index in [0.29, 0.717) is 24.9 Å². The standard InChI is InChI=1S/C16H19N5O3/c1-9-5-6-17-14(18-9)16(22)21-7-10(2)23-12(8-21)15-19-13(20-24-15)11-3-4-11/h5-6,10-12H,3-4,7-8H2,1-2H3/t10-,12-/m1/s1. The smallest absolute Gasteiger partial charge is 0.291 e. The van der Waals surface area contributed by atoms with E-state index in [9.17, 15) is 4.79 Å². The molecular weight excluding hydrogens is 310 g/mol. The van der Waals surface area contributed by atoms with Crippen LogP contribution in [0.1, 0.15) is 59.8 Å². The second-order valence-electron chi connectivity index (χ2n) is 6.43. The van der Waals surface area contributed by atoms with E-state index in [4.69, 9.17) is 9.26 Å². The lowest BCUT2D eigenvalue weighted by molar-refractivity contribution is -0.0812. The molecular formula is C16H19N5O3. The number of hydrogen-bond acceptors (Lipinski definition) is 7. The summed E-state index contributed by atoms with van der Waals surface area (Å²) in [4.78, 5) is 27.1. The van der Waals surface area contributed by atoms with E-state index in [0.717, 1.165) is 24.4 Å². The van der Waals surface area contributed by atoms with E-state index in [2.05, 4.69) is 20.1 Å². The second kappa shape index (κ2) is 5.94. The Morgan fingerprint density at radius 1 is 1.29 bits per heavy atom. The lowest BCUT2D eigenvalue weighted by atomic mass is 10.2. The molecule has 0 radical (unpaired) electrons. The highest BCUT2D eigenvalue weighted by Gasteiger charge is 2.36. The highest BCUT2D eigenvalue weighted by Crippen LogP contribution is 2.39. The van der Waals surface area contributed by atoms with Gasteiger partial charge in [-0.3, -0.25) is 4.79 Å². The number of nitrogens with zero attached hydrogens (tertiary/aromatic N) is 5. The first-order valence-electron chi connectivity index (χ1n) is 8.18. The average molecular weight is 329 g/mol. The number of ether oxygens (including phenoxy) is 1. The third-order valence-corrected chi connectivity index (χ3v) is 4.21. The Kier molecular flexibility index (Phi) is 3.76. The summed E-state index contributed by atoms with van der Waals surface area (Å²) >= 11 is 0. The zero-order valence-corrected chi connectivity index (χ0v) is 13.7. The third kappa shape index (κ3) is 3.01. The average Bonchev–Trinajstić information content (AvgIpc) is 3.30. The summed E-state index contributed by atoms with van der Waals surface area (Å²) in [5.41, 5.74) is 0.761. The molecule has 1 saturated carbocycles. The minimum atomic E-state index is -0.414. The molecule has 0 unspecified atom stereocenters. The molecule has 2 atom stereocenters. The zero-order valence-electron chi connectivity index (χ0n) is 13.7. The maximum atomic E-state index is 12.7. The lowest BCUT2D eigenvalue weighted by Gasteiger charge is -2.34. The SMILES string of the molecule is Cc1ccnc(C(=O)N2C[C@@H](C)O[C@@H](c3nc(C4CC4)no3)C2)n1. The van der Waals surface area contributed by atoms with Gasteiger partial charge in [-0.2, -0.15) is 4.98 Å². The fourth-order valence-corrected chi connectivity index (χ4v) is 2.83. The summed E-state index contributed by atoms with van der Waals surface area (Å²) < 4.78 is 11.2. The number of carbonyl (C=O) groups is 1. The summed E-state index contributed by atoms with van der Waals surface area (Å²) in [6, 6.07) is 1.76. The minimum absolute atomic E-state index is 0.131. The molecule has 3 heterocycles. The van der Waals surface area contributed by atoms with Gasteiger partial charge in [0.05, 0.1) is 12.6 Å². The van der Waals surface area contributed by atoms with E-state index in [-0.39, 0.29) is 17.8 Å². The van der Waals surface area contributed by atoms with Gasteiger partial charge >= 0.3 is 0 Å². The van der Waals surface area contributed by atoms with Gasteiger partial charge in [-0.15, -0.1) is 0 Å². The molecule has 0 N–H and O–H groups in total. The number of rotatable bonds is 3. The van der Waals surface area contributed by atoms with Crippen LogP contribution in [0.2, 0.25) is 0 Å². The normalized spacial score (nSPS) is 24.2. The van der Waals surface area contributed by atoms with Crippen molar-refractivity contribution >= 4 is 5.91 Å². The van der Waals surface area contributed by atoms with Gasteiger partial charge in [0.25, 0.3) is 11.8 Å². The molecule has 2 aliphatic rings. The van der Waals surface area contributed by atoms with Gasteiger partial charge in [0, 0.05) is 24.4 Å². The summed E-state index contributed by atoms with van der Waals surface area (Å²) in [6.07, 6.45) is 3.26. The summed E-state index contributed by atoms with van der Waals surface area (Å²) in [7, 11) is 0. The van der Waals surface area contributed by atoms with Crippen molar-refractivity contribution in [1.82, 2.24) is 25.0 Å². The van der Waals surface area contributed by atoms with Crippen molar-refractivity contribution in [2.24, 2.45) is 0 Å². The summed E-state index contributed by atoms with van der Waals surface area (Å²) in [5.74, 6) is 1.59. The van der Waals surface area contributed by atoms with E-state index in [1.165, 1.54) is 0 Å². The van der Waals surface area contributed by atoms with Crippen LogP contribution in [0.15, 0.2) is 16.8 Å². The van der Waals surface area contributed by atoms with Crippen molar-refractivity contribution in [2.75, 3.05) is 13.1 Å². The molecule has 2 fully saturated rings. The Hall–Kier alpha value is -2.35. The first-order chi connectivity index (χ1) is 11.6. The van der Waals surface area contributed by atoms with E-state index >= 15 is 0 Å². The van der Waals surface area contributed by atoms with Gasteiger partial charge < -0.3 is 14.2 Å². The molecule has 8 heteroatoms. The van der Waals surface area contributed by atoms with Crippen LogP contribution in [0, 0.1) is 6.92 Å². The fourth-order valence-electron chi connectivity index (χ4n) is 2.83. The molecule has 8 nitrogen and oxygen atoms in total. The Bertz CT molecular complexity index is 758. The Morgan fingerprint density at radius 3 is 2.88 bits per heavy atom. The van der Waals surface area contributed by atoms with Crippen LogP contribution >= 0.6 is 0 Å². The maximum absolute atomic E-state index is 12.7. The topological polar surface area (TPSA) is 94.2 Å². The van der Waals surface area contributed by atoms with Crippen LogP contribution in [-0.2, 0) is 4.74 Å². The third-order valence-electron chi connectivity index (χ3n) is 4.21. The molecule has 2 aromatic rings. The van der Waals surface area contributed by atoms with E-state index in [1.54, 1.807) is 17.2 Å². The predicted octanol–water partition coefficient (Wildman–Crippen LogP) is 1.65. The molecule has 0 spiro atoms. The highest BCUT2D eigenvalue weighted by atomic mass is 16.5. The molecule has 24 heavy (non-hydrogen) atoms. The minimum Gasteiger partial charge on any atom is -0.362 e. The van der Waals surface area contributed by atoms with E-state index in [1.807, 2.05) is 13.8 Å². The number of carbonyl (C=O) groups excluding carboxylic acids is 1. The molecule has 4 rings (SSSR count). The quantitative estimate of drug-likeness (QED) is 0.845. The van der Waals surface area contributed by atoms with Gasteiger partial charge in [-0.05, 0) is 32.8 Å². The fraction of sp³-hybridized carbons (Fsp3) is 0.562. The number of morpholine rings is 1. The predicted molar refractivity (Wildman–Crippen MR) is 82.2 cm³/mol. The Labute approximate surface area is 139 Å². The Morgan fingerprint density at radius 2 is 2.12 bits per heavy atom. The first kappa shape index (κ1) is 15.2. The van der Waals surface area contributed by atoms with Gasteiger partial charge in [-0.1, -0.05) is 5.16 Å². The first-order valence-corrected chi connectivity index (χ1v) is 8.18. The van der Waals surface area contributed by atoms with Gasteiger partial charge in [0.1, 0.15) is 0 Å². The van der Waals surface area contributed by atoms with Crippen LogP contribution in [0.25, 0.3) is 0 Å². The van der Waals surface area contributed by atoms with Crippen molar-refractivity contribution in [3.63, 3.8) is 0 Å². The van der Waals surface area contributed by atoms with Gasteiger partial charge in [0.2, 0.25) is 5.82 Å². The van der Waals surface area contributed by atoms with Gasteiger partial charge in [0.15, 0.2) is 11.9 Å². The molecule has 126 valence electrons. The molecule has 2 aromatic heterocycles. The molecule has 1 aliphatic heterocycles. The summed E-state index contributed by atoms with van der Waals surface area (Å²) in [5, 5.41) is 4.02. The number of aromatic nitrogens is 4. The van der Waals surface area contributed by atoms with Crippen LogP contribution in [0.5, 0.6) is 0 Å². The summed E-state index contributed by atoms with van der Waals surface area (Å²) in [6.45, 7) is 4.59. The molecule has 0 aromatic carbocycles. The van der Waals surface area contributed by atoms with Crippen LogP contribution in [0.3, 0.4) is 0 Å². The van der Waals surface area contributed by atoms with Crippen molar-refractivity contribution in [3.05, 3.63) is 35.5 Å². The Balaban J connectivity index is 1.52. The monoisotopic (exact) mass is 329 g/mol. The van der Waals surface area contributed by atoms with Crippen LogP contribution in [-0.4, -0.2) is 50.1 Å². The molecule has 0 bridgehead atoms. The van der Waals surface area contributed by atoms with Crippen molar-refractivity contribution < 1.29 is 14.1 Å². The molecule has 1 saturated heterocycles. The number of aryl methyl sites for hydroxylation is 1. The largest absolute Gasteiger partial charge is 0.362 e. The number of amides is 1. The van der Waals surface area contributed by atoms with E-state index < -0.39 is 6.10 Å². The highest BCUT2D eigenvalue weighted by molar-refractivity contribution is 5.90. The lowest BCUT2D eigenvalue weighted by Crippen LogP contribution is -2.46. The molecule has 1 amide bonds. The van der Waals surface area contributed by atoms with Crippen molar-refractivity contribution in [1.29, 1.82) is 0 Å². The maximum Gasteiger partial charge on any atom is 0.291 e. The van der Waals surface area contributed by atoms with Gasteiger partial charge in [-0.25, -0.2) is 9.97 Å². The second-order valence-corrected chi connectivity index (χ2v) is 6.43. The molecule has 1 aliphatic carbocycles. The van der Waals surface area contributed by atoms with Crippen LogP contribution in [0.4, 0.5) is 0 Å².